The fourth-order valence-electron chi connectivity index (χ4n) is 3.11. The summed E-state index contributed by atoms with van der Waals surface area (Å²) >= 11 is 0. The van der Waals surface area contributed by atoms with Crippen molar-refractivity contribution < 1.29 is 18.7 Å². The molecule has 1 aliphatic carbocycles. The van der Waals surface area contributed by atoms with Gasteiger partial charge < -0.3 is 19.4 Å². The minimum atomic E-state index is -0.332. The van der Waals surface area contributed by atoms with E-state index in [0.717, 1.165) is 17.9 Å². The smallest absolute Gasteiger partial charge is 0.225 e. The van der Waals surface area contributed by atoms with E-state index in [9.17, 15) is 9.59 Å². The third-order valence-electron chi connectivity index (χ3n) is 4.94. The molecule has 1 saturated heterocycles. The monoisotopic (exact) mass is 369 g/mol. The van der Waals surface area contributed by atoms with Crippen molar-refractivity contribution in [3.63, 3.8) is 0 Å². The van der Waals surface area contributed by atoms with Crippen LogP contribution in [0.4, 0.5) is 0 Å². The van der Waals surface area contributed by atoms with Crippen LogP contribution in [0.3, 0.4) is 0 Å². The zero-order valence-corrected chi connectivity index (χ0v) is 15.1. The Morgan fingerprint density at radius 3 is 2.93 bits per heavy atom. The zero-order valence-electron chi connectivity index (χ0n) is 15.1. The number of rotatable bonds is 8. The lowest BCUT2D eigenvalue weighted by molar-refractivity contribution is -0.129. The molecule has 0 aromatic carbocycles. The highest BCUT2D eigenvalue weighted by Crippen LogP contribution is 2.29. The van der Waals surface area contributed by atoms with Crippen molar-refractivity contribution in [1.29, 1.82) is 0 Å². The molecule has 1 N–H and O–H groups in total. The number of carbonyl (C=O) groups excluding carboxylic acids is 2. The molecule has 1 saturated carbocycles. The van der Waals surface area contributed by atoms with Crippen molar-refractivity contribution in [2.45, 2.75) is 32.4 Å². The maximum absolute atomic E-state index is 12.4. The topological polar surface area (TPSA) is 84.7 Å². The summed E-state index contributed by atoms with van der Waals surface area (Å²) in [6.45, 7) is 1.93. The Morgan fingerprint density at radius 2 is 2.22 bits per heavy atom. The average molecular weight is 369 g/mol. The van der Waals surface area contributed by atoms with E-state index in [4.69, 9.17) is 9.15 Å². The summed E-state index contributed by atoms with van der Waals surface area (Å²) in [5.74, 6) is 1.56. The van der Waals surface area contributed by atoms with Crippen LogP contribution in [0.2, 0.25) is 0 Å². The molecule has 27 heavy (non-hydrogen) atoms. The lowest BCUT2D eigenvalue weighted by Gasteiger charge is -2.15. The highest BCUT2D eigenvalue weighted by molar-refractivity contribution is 5.89. The summed E-state index contributed by atoms with van der Waals surface area (Å²) < 4.78 is 10.9. The fourth-order valence-corrected chi connectivity index (χ4v) is 3.11. The van der Waals surface area contributed by atoms with E-state index in [2.05, 4.69) is 10.3 Å². The molecule has 0 bridgehead atoms. The van der Waals surface area contributed by atoms with E-state index >= 15 is 0 Å². The maximum atomic E-state index is 12.4. The molecule has 7 nitrogen and oxygen atoms in total. The molecule has 0 radical (unpaired) electrons. The Hall–Kier alpha value is -2.83. The summed E-state index contributed by atoms with van der Waals surface area (Å²) in [4.78, 5) is 30.5. The third kappa shape index (κ3) is 4.67. The van der Waals surface area contributed by atoms with Gasteiger partial charge in [-0.3, -0.25) is 9.59 Å². The highest BCUT2D eigenvalue weighted by atomic mass is 16.5. The van der Waals surface area contributed by atoms with Gasteiger partial charge in [0.2, 0.25) is 17.7 Å². The van der Waals surface area contributed by atoms with Crippen molar-refractivity contribution in [3.8, 4) is 5.88 Å². The third-order valence-corrected chi connectivity index (χ3v) is 4.94. The van der Waals surface area contributed by atoms with Crippen molar-refractivity contribution in [1.82, 2.24) is 15.2 Å². The molecule has 142 valence electrons. The lowest BCUT2D eigenvalue weighted by atomic mass is 10.1. The van der Waals surface area contributed by atoms with Crippen molar-refractivity contribution >= 4 is 11.8 Å². The van der Waals surface area contributed by atoms with Crippen LogP contribution in [0.1, 0.15) is 30.6 Å². The molecule has 1 aliphatic heterocycles. The summed E-state index contributed by atoms with van der Waals surface area (Å²) in [7, 11) is 0. The Labute approximate surface area is 157 Å². The van der Waals surface area contributed by atoms with Gasteiger partial charge in [0.1, 0.15) is 5.76 Å². The highest BCUT2D eigenvalue weighted by Gasteiger charge is 2.34. The van der Waals surface area contributed by atoms with Crippen LogP contribution in [0.25, 0.3) is 0 Å². The fraction of sp³-hybridized carbons (Fsp3) is 0.450. The molecular weight excluding hydrogens is 346 g/mol. The van der Waals surface area contributed by atoms with E-state index in [0.29, 0.717) is 31.4 Å². The standard InChI is InChI=1S/C20H23N3O4/c24-19-8-16(11-23(19)12-17-2-1-7-26-17)20(25)22-10-15-5-6-18(21-9-15)27-13-14-3-4-14/h1-2,5-7,9,14,16H,3-4,8,10-13H2,(H,22,25). The van der Waals surface area contributed by atoms with Crippen molar-refractivity contribution in [2.75, 3.05) is 13.2 Å². The number of ether oxygens (including phenoxy) is 1. The van der Waals surface area contributed by atoms with E-state index in [-0.39, 0.29) is 24.2 Å². The van der Waals surface area contributed by atoms with Gasteiger partial charge in [-0.1, -0.05) is 6.07 Å². The Bertz CT molecular complexity index is 784. The number of nitrogens with zero attached hydrogens (tertiary/aromatic N) is 2. The van der Waals surface area contributed by atoms with Gasteiger partial charge in [-0.2, -0.15) is 0 Å². The van der Waals surface area contributed by atoms with Gasteiger partial charge in [0.25, 0.3) is 0 Å². The number of aromatic nitrogens is 1. The van der Waals surface area contributed by atoms with Crippen LogP contribution in [-0.4, -0.2) is 34.8 Å². The largest absolute Gasteiger partial charge is 0.477 e. The SMILES string of the molecule is O=C(NCc1ccc(OCC2CC2)nc1)C1CC(=O)N(Cc2ccco2)C1. The average Bonchev–Trinajstić information content (AvgIpc) is 3.24. The van der Waals surface area contributed by atoms with Gasteiger partial charge >= 0.3 is 0 Å². The number of furan rings is 1. The quantitative estimate of drug-likeness (QED) is 0.771. The first-order valence-corrected chi connectivity index (χ1v) is 9.33. The molecule has 4 rings (SSSR count). The van der Waals surface area contributed by atoms with Crippen LogP contribution in [0.5, 0.6) is 5.88 Å². The molecule has 1 atom stereocenters. The maximum Gasteiger partial charge on any atom is 0.225 e. The Balaban J connectivity index is 1.23. The normalized spacial score (nSPS) is 19.3. The van der Waals surface area contributed by atoms with Crippen LogP contribution in [0, 0.1) is 11.8 Å². The molecule has 2 aromatic heterocycles. The van der Waals surface area contributed by atoms with Gasteiger partial charge in [0, 0.05) is 31.8 Å². The molecule has 2 amide bonds. The first kappa shape index (κ1) is 17.6. The van der Waals surface area contributed by atoms with Crippen LogP contribution in [0.15, 0.2) is 41.1 Å². The summed E-state index contributed by atoms with van der Waals surface area (Å²) in [5.41, 5.74) is 0.902. The summed E-state index contributed by atoms with van der Waals surface area (Å²) in [6.07, 6.45) is 6.01. The van der Waals surface area contributed by atoms with Gasteiger partial charge in [-0.25, -0.2) is 4.98 Å². The van der Waals surface area contributed by atoms with Crippen molar-refractivity contribution in [3.05, 3.63) is 48.0 Å². The second kappa shape index (κ2) is 7.82. The minimum Gasteiger partial charge on any atom is -0.477 e. The molecule has 0 spiro atoms. The predicted molar refractivity (Wildman–Crippen MR) is 96.5 cm³/mol. The zero-order chi connectivity index (χ0) is 18.6. The number of pyridine rings is 1. The Kier molecular flexibility index (Phi) is 5.09. The number of hydrogen-bond donors (Lipinski definition) is 1. The van der Waals surface area contributed by atoms with E-state index in [1.807, 2.05) is 18.2 Å². The first-order chi connectivity index (χ1) is 13.2. The molecule has 2 aliphatic rings. The van der Waals surface area contributed by atoms with E-state index in [1.54, 1.807) is 23.4 Å². The predicted octanol–water partition coefficient (Wildman–Crippen LogP) is 2.13. The van der Waals surface area contributed by atoms with Gasteiger partial charge in [0.15, 0.2) is 0 Å². The molecule has 3 heterocycles. The van der Waals surface area contributed by atoms with Crippen molar-refractivity contribution in [2.24, 2.45) is 11.8 Å². The Morgan fingerprint density at radius 1 is 1.33 bits per heavy atom. The molecule has 1 unspecified atom stereocenters. The minimum absolute atomic E-state index is 0.0228. The summed E-state index contributed by atoms with van der Waals surface area (Å²) in [5, 5.41) is 2.90. The second-order valence-electron chi connectivity index (χ2n) is 7.23. The van der Waals surface area contributed by atoms with Crippen LogP contribution >= 0.6 is 0 Å². The van der Waals surface area contributed by atoms with Gasteiger partial charge in [-0.15, -0.1) is 0 Å². The molecule has 7 heteroatoms. The molecule has 2 fully saturated rings. The van der Waals surface area contributed by atoms with Crippen LogP contribution < -0.4 is 10.1 Å². The van der Waals surface area contributed by atoms with Crippen LogP contribution in [-0.2, 0) is 22.7 Å². The molecule has 2 aromatic rings. The number of carbonyl (C=O) groups is 2. The lowest BCUT2D eigenvalue weighted by Crippen LogP contribution is -2.32. The molecular formula is C20H23N3O4. The number of amides is 2. The summed E-state index contributed by atoms with van der Waals surface area (Å²) in [6, 6.07) is 7.34. The van der Waals surface area contributed by atoms with Gasteiger partial charge in [0.05, 0.1) is 25.3 Å². The number of hydrogen-bond acceptors (Lipinski definition) is 5. The van der Waals surface area contributed by atoms with Gasteiger partial charge in [-0.05, 0) is 36.5 Å². The second-order valence-corrected chi connectivity index (χ2v) is 7.23. The van der Waals surface area contributed by atoms with E-state index < -0.39 is 0 Å². The van der Waals surface area contributed by atoms with E-state index in [1.165, 1.54) is 12.8 Å². The number of likely N-dealkylation sites (tertiary alicyclic amines) is 1. The first-order valence-electron chi connectivity index (χ1n) is 9.33. The number of nitrogens with one attached hydrogen (secondary N) is 1.